The van der Waals surface area contributed by atoms with Gasteiger partial charge in [-0.3, -0.25) is 4.52 Å². The molecular weight excluding hydrogens is 373 g/mol. The molecule has 0 aliphatic carbocycles. The minimum absolute atomic E-state index is 0.125. The number of phosphoric acid groups is 1. The predicted molar refractivity (Wildman–Crippen MR) is 120 cm³/mol. The van der Waals surface area contributed by atoms with Gasteiger partial charge in [-0.15, -0.1) is 0 Å². The molecular formula is C22H46NO4P. The van der Waals surface area contributed by atoms with Gasteiger partial charge in [0, 0.05) is 0 Å². The first kappa shape index (κ1) is 27.8. The van der Waals surface area contributed by atoms with Gasteiger partial charge >= 0.3 is 7.82 Å². The molecule has 3 N–H and O–H groups in total. The highest BCUT2D eigenvalue weighted by Gasteiger charge is 2.12. The topological polar surface area (TPSA) is 78.8 Å². The Hall–Kier alpha value is -0.190. The average Bonchev–Trinajstić information content (AvgIpc) is 2.65. The molecule has 168 valence electrons. The third-order valence-electron chi connectivity index (χ3n) is 4.87. The van der Waals surface area contributed by atoms with Crippen molar-refractivity contribution in [1.82, 2.24) is 5.32 Å². The van der Waals surface area contributed by atoms with Gasteiger partial charge in [0.2, 0.25) is 0 Å². The number of rotatable bonds is 22. The highest BCUT2D eigenvalue weighted by atomic mass is 31.2. The van der Waals surface area contributed by atoms with E-state index in [2.05, 4.69) is 28.9 Å². The largest absolute Gasteiger partial charge is 0.469 e. The summed E-state index contributed by atoms with van der Waals surface area (Å²) in [5.74, 6) is 0. The molecule has 5 nitrogen and oxygen atoms in total. The number of phosphoric ester groups is 1. The Labute approximate surface area is 174 Å². The molecule has 0 unspecified atom stereocenters. The Morgan fingerprint density at radius 1 is 0.714 bits per heavy atom. The zero-order valence-electron chi connectivity index (χ0n) is 18.2. The van der Waals surface area contributed by atoms with Crippen molar-refractivity contribution >= 4 is 7.82 Å². The molecule has 0 aromatic heterocycles. The van der Waals surface area contributed by atoms with E-state index in [1.807, 2.05) is 0 Å². The van der Waals surface area contributed by atoms with E-state index in [0.29, 0.717) is 6.42 Å². The minimum Gasteiger partial charge on any atom is -0.317 e. The van der Waals surface area contributed by atoms with Crippen molar-refractivity contribution in [2.45, 2.75) is 110 Å². The van der Waals surface area contributed by atoms with Gasteiger partial charge in [-0.2, -0.15) is 0 Å². The highest BCUT2D eigenvalue weighted by Crippen LogP contribution is 2.35. The van der Waals surface area contributed by atoms with Crippen molar-refractivity contribution in [1.29, 1.82) is 0 Å². The number of hydrogen-bond acceptors (Lipinski definition) is 3. The molecule has 0 atom stereocenters. The van der Waals surface area contributed by atoms with Crippen molar-refractivity contribution in [3.05, 3.63) is 12.2 Å². The molecule has 0 radical (unpaired) electrons. The Morgan fingerprint density at radius 2 is 1.18 bits per heavy atom. The zero-order valence-corrected chi connectivity index (χ0v) is 19.1. The second kappa shape index (κ2) is 21.5. The Morgan fingerprint density at radius 3 is 1.71 bits per heavy atom. The van der Waals surface area contributed by atoms with Crippen LogP contribution in [0.3, 0.4) is 0 Å². The summed E-state index contributed by atoms with van der Waals surface area (Å²) in [6.45, 7) is 4.31. The van der Waals surface area contributed by atoms with E-state index >= 15 is 0 Å². The Kier molecular flexibility index (Phi) is 21.4. The summed E-state index contributed by atoms with van der Waals surface area (Å²) in [5, 5.41) is 3.37. The summed E-state index contributed by atoms with van der Waals surface area (Å²) in [6, 6.07) is 0. The summed E-state index contributed by atoms with van der Waals surface area (Å²) in [6.07, 6.45) is 24.9. The maximum atomic E-state index is 10.5. The van der Waals surface area contributed by atoms with Crippen LogP contribution in [0.2, 0.25) is 0 Å². The fourth-order valence-electron chi connectivity index (χ4n) is 3.16. The van der Waals surface area contributed by atoms with Crippen LogP contribution >= 0.6 is 7.82 Å². The third-order valence-corrected chi connectivity index (χ3v) is 5.39. The Balaban J connectivity index is 3.10. The van der Waals surface area contributed by atoms with Crippen LogP contribution in [0.1, 0.15) is 110 Å². The first-order valence-electron chi connectivity index (χ1n) is 11.6. The van der Waals surface area contributed by atoms with Crippen LogP contribution in [-0.4, -0.2) is 29.5 Å². The lowest BCUT2D eigenvalue weighted by atomic mass is 10.1. The zero-order chi connectivity index (χ0) is 20.8. The van der Waals surface area contributed by atoms with Crippen molar-refractivity contribution in [2.24, 2.45) is 0 Å². The molecule has 0 spiro atoms. The minimum atomic E-state index is -4.29. The predicted octanol–water partition coefficient (Wildman–Crippen LogP) is 6.50. The Bertz CT molecular complexity index is 385. The normalized spacial score (nSPS) is 12.2. The highest BCUT2D eigenvalue weighted by molar-refractivity contribution is 7.46. The molecule has 0 bridgehead atoms. The van der Waals surface area contributed by atoms with Crippen molar-refractivity contribution in [2.75, 3.05) is 19.7 Å². The molecule has 0 fully saturated rings. The van der Waals surface area contributed by atoms with Crippen LogP contribution in [0.15, 0.2) is 12.2 Å². The monoisotopic (exact) mass is 419 g/mol. The van der Waals surface area contributed by atoms with E-state index in [0.717, 1.165) is 19.5 Å². The van der Waals surface area contributed by atoms with E-state index in [1.54, 1.807) is 0 Å². The molecule has 0 saturated carbocycles. The summed E-state index contributed by atoms with van der Waals surface area (Å²) >= 11 is 0. The molecule has 28 heavy (non-hydrogen) atoms. The maximum absolute atomic E-state index is 10.5. The summed E-state index contributed by atoms with van der Waals surface area (Å²) in [4.78, 5) is 17.1. The van der Waals surface area contributed by atoms with E-state index in [1.165, 1.54) is 89.9 Å². The molecule has 0 aliphatic rings. The van der Waals surface area contributed by atoms with E-state index in [-0.39, 0.29) is 6.61 Å². The first-order valence-corrected chi connectivity index (χ1v) is 13.1. The van der Waals surface area contributed by atoms with Crippen LogP contribution in [0.4, 0.5) is 0 Å². The molecule has 0 amide bonds. The molecule has 0 aromatic carbocycles. The number of unbranched alkanes of at least 4 members (excludes halogenated alkanes) is 13. The smallest absolute Gasteiger partial charge is 0.317 e. The summed E-state index contributed by atoms with van der Waals surface area (Å²) in [5.41, 5.74) is 0. The van der Waals surface area contributed by atoms with Gasteiger partial charge in [-0.1, -0.05) is 76.9 Å². The molecule has 0 aromatic rings. The molecule has 0 heterocycles. The van der Waals surface area contributed by atoms with Gasteiger partial charge < -0.3 is 15.1 Å². The third kappa shape index (κ3) is 25.8. The van der Waals surface area contributed by atoms with Crippen LogP contribution in [-0.2, 0) is 9.09 Å². The second-order valence-electron chi connectivity index (χ2n) is 7.72. The maximum Gasteiger partial charge on any atom is 0.469 e. The lowest BCUT2D eigenvalue weighted by Crippen LogP contribution is -2.17. The lowest BCUT2D eigenvalue weighted by Gasteiger charge is -2.06. The van der Waals surface area contributed by atoms with Crippen molar-refractivity contribution in [3.63, 3.8) is 0 Å². The van der Waals surface area contributed by atoms with Gasteiger partial charge in [-0.25, -0.2) is 4.57 Å². The summed E-state index contributed by atoms with van der Waals surface area (Å²) in [7, 11) is -4.29. The SMILES string of the molecule is CCCCCCCC/C=C\CCCCCCCCNCCCCOP(=O)(O)O. The van der Waals surface area contributed by atoms with Crippen molar-refractivity contribution in [3.8, 4) is 0 Å². The lowest BCUT2D eigenvalue weighted by molar-refractivity contribution is 0.193. The number of allylic oxidation sites excluding steroid dienone is 2. The van der Waals surface area contributed by atoms with Crippen LogP contribution in [0, 0.1) is 0 Å². The molecule has 0 saturated heterocycles. The standard InChI is InChI=1S/C22H46NO4P/c1-2-3-4-5-6-7-8-9-10-11-12-13-14-15-16-17-20-23-21-18-19-22-27-28(24,25)26/h9-10,23H,2-8,11-22H2,1H3,(H2,24,25,26)/b10-9-. The average molecular weight is 420 g/mol. The van der Waals surface area contributed by atoms with Crippen LogP contribution in [0.5, 0.6) is 0 Å². The quantitative estimate of drug-likeness (QED) is 0.106. The van der Waals surface area contributed by atoms with E-state index in [4.69, 9.17) is 9.79 Å². The van der Waals surface area contributed by atoms with Gasteiger partial charge in [0.05, 0.1) is 6.61 Å². The van der Waals surface area contributed by atoms with Crippen LogP contribution < -0.4 is 5.32 Å². The number of hydrogen-bond donors (Lipinski definition) is 3. The molecule has 0 aliphatic heterocycles. The summed E-state index contributed by atoms with van der Waals surface area (Å²) < 4.78 is 14.9. The molecule has 0 rings (SSSR count). The van der Waals surface area contributed by atoms with E-state index in [9.17, 15) is 4.57 Å². The number of nitrogens with one attached hydrogen (secondary N) is 1. The first-order chi connectivity index (χ1) is 13.6. The van der Waals surface area contributed by atoms with Gasteiger partial charge in [0.25, 0.3) is 0 Å². The van der Waals surface area contributed by atoms with E-state index < -0.39 is 7.82 Å². The fraction of sp³-hybridized carbons (Fsp3) is 0.909. The van der Waals surface area contributed by atoms with Gasteiger partial charge in [0.1, 0.15) is 0 Å². The fourth-order valence-corrected chi connectivity index (χ4v) is 3.52. The van der Waals surface area contributed by atoms with Gasteiger partial charge in [-0.05, 0) is 58.0 Å². The van der Waals surface area contributed by atoms with Crippen LogP contribution in [0.25, 0.3) is 0 Å². The second-order valence-corrected chi connectivity index (χ2v) is 8.96. The molecule has 6 heteroatoms. The van der Waals surface area contributed by atoms with Crippen molar-refractivity contribution < 1.29 is 18.9 Å². The van der Waals surface area contributed by atoms with Gasteiger partial charge in [0.15, 0.2) is 0 Å².